The molecule has 1 heterocycles. The molecule has 19 heavy (non-hydrogen) atoms. The second-order valence-electron chi connectivity index (χ2n) is 5.16. The average molecular weight is 262 g/mol. The first kappa shape index (κ1) is 13.9. The van der Waals surface area contributed by atoms with E-state index in [0.717, 1.165) is 24.3 Å². The summed E-state index contributed by atoms with van der Waals surface area (Å²) >= 11 is 0. The lowest BCUT2D eigenvalue weighted by Crippen LogP contribution is -2.41. The monoisotopic (exact) mass is 262 g/mol. The molecule has 1 aliphatic heterocycles. The second kappa shape index (κ2) is 6.06. The second-order valence-corrected chi connectivity index (χ2v) is 5.16. The van der Waals surface area contributed by atoms with Crippen LogP contribution in [0, 0.1) is 6.92 Å². The Labute approximate surface area is 114 Å². The molecule has 1 unspecified atom stereocenters. The first-order valence-electron chi connectivity index (χ1n) is 6.88. The first-order valence-corrected chi connectivity index (χ1v) is 6.88. The lowest BCUT2D eigenvalue weighted by molar-refractivity contribution is -0.137. The van der Waals surface area contributed by atoms with Gasteiger partial charge < -0.3 is 15.4 Å². The van der Waals surface area contributed by atoms with Gasteiger partial charge in [-0.2, -0.15) is 0 Å². The van der Waals surface area contributed by atoms with Crippen LogP contribution in [0.2, 0.25) is 0 Å². The Morgan fingerprint density at radius 1 is 1.58 bits per heavy atom. The number of likely N-dealkylation sites (tertiary alicyclic amines) is 1. The molecule has 0 bridgehead atoms. The van der Waals surface area contributed by atoms with Crippen LogP contribution in [0.25, 0.3) is 0 Å². The van der Waals surface area contributed by atoms with Crippen LogP contribution < -0.4 is 10.5 Å². The van der Waals surface area contributed by atoms with Crippen molar-refractivity contribution >= 4 is 5.91 Å². The number of carbonyl (C=O) groups excluding carboxylic acids is 1. The molecule has 1 saturated heterocycles. The highest BCUT2D eigenvalue weighted by molar-refractivity contribution is 5.81. The molecule has 4 heteroatoms. The van der Waals surface area contributed by atoms with E-state index in [-0.39, 0.29) is 11.9 Å². The highest BCUT2D eigenvalue weighted by atomic mass is 16.5. The van der Waals surface area contributed by atoms with Crippen LogP contribution >= 0.6 is 0 Å². The van der Waals surface area contributed by atoms with E-state index < -0.39 is 6.10 Å². The molecule has 1 aliphatic rings. The third kappa shape index (κ3) is 3.47. The number of ether oxygens (including phenoxy) is 1. The molecule has 0 saturated carbocycles. The van der Waals surface area contributed by atoms with Crippen LogP contribution in [-0.2, 0) is 4.79 Å². The number of nitrogens with two attached hydrogens (primary N) is 1. The van der Waals surface area contributed by atoms with Gasteiger partial charge in [-0.25, -0.2) is 0 Å². The van der Waals surface area contributed by atoms with E-state index in [1.54, 1.807) is 0 Å². The Bertz CT molecular complexity index is 448. The lowest BCUT2D eigenvalue weighted by atomic mass is 10.2. The predicted octanol–water partition coefficient (Wildman–Crippen LogP) is 1.71. The van der Waals surface area contributed by atoms with Gasteiger partial charge in [0.1, 0.15) is 5.75 Å². The standard InChI is InChI=1S/C15H22N2O2/c1-3-14(15(18)17-8-7-12(16)10-17)19-13-6-4-5-11(2)9-13/h4-6,9,12,14H,3,7-8,10,16H2,1-2H3/t12-,14?/m0/s1. The Morgan fingerprint density at radius 2 is 2.37 bits per heavy atom. The molecule has 104 valence electrons. The largest absolute Gasteiger partial charge is 0.481 e. The van der Waals surface area contributed by atoms with Crippen molar-refractivity contribution in [3.63, 3.8) is 0 Å². The van der Waals surface area contributed by atoms with E-state index in [1.807, 2.05) is 43.0 Å². The van der Waals surface area contributed by atoms with Crippen LogP contribution in [0.4, 0.5) is 0 Å². The van der Waals surface area contributed by atoms with Crippen LogP contribution in [0.5, 0.6) is 5.75 Å². The van der Waals surface area contributed by atoms with E-state index in [9.17, 15) is 4.79 Å². The number of carbonyl (C=O) groups is 1. The van der Waals surface area contributed by atoms with Crippen LogP contribution in [0.15, 0.2) is 24.3 Å². The van der Waals surface area contributed by atoms with Crippen molar-refractivity contribution in [3.8, 4) is 5.75 Å². The SMILES string of the molecule is CCC(Oc1cccc(C)c1)C(=O)N1CC[C@H](N)C1. The molecular formula is C15H22N2O2. The van der Waals surface area contributed by atoms with Gasteiger partial charge in [-0.05, 0) is 37.5 Å². The van der Waals surface area contributed by atoms with Crippen molar-refractivity contribution in [2.24, 2.45) is 5.73 Å². The molecule has 1 fully saturated rings. The van der Waals surface area contributed by atoms with Crippen molar-refractivity contribution < 1.29 is 9.53 Å². The average Bonchev–Trinajstić information content (AvgIpc) is 2.82. The number of aryl methyl sites for hydroxylation is 1. The highest BCUT2D eigenvalue weighted by Crippen LogP contribution is 2.18. The van der Waals surface area contributed by atoms with Crippen molar-refractivity contribution in [2.45, 2.75) is 38.8 Å². The summed E-state index contributed by atoms with van der Waals surface area (Å²) in [6.45, 7) is 5.36. The van der Waals surface area contributed by atoms with E-state index in [1.165, 1.54) is 0 Å². The molecule has 1 amide bonds. The predicted molar refractivity (Wildman–Crippen MR) is 75.1 cm³/mol. The molecule has 2 atom stereocenters. The topological polar surface area (TPSA) is 55.6 Å². The number of rotatable bonds is 4. The summed E-state index contributed by atoms with van der Waals surface area (Å²) in [5.41, 5.74) is 6.97. The minimum Gasteiger partial charge on any atom is -0.481 e. The fraction of sp³-hybridized carbons (Fsp3) is 0.533. The molecule has 0 spiro atoms. The molecule has 2 N–H and O–H groups in total. The Morgan fingerprint density at radius 3 is 2.95 bits per heavy atom. The fourth-order valence-electron chi connectivity index (χ4n) is 2.35. The van der Waals surface area contributed by atoms with Crippen molar-refractivity contribution in [3.05, 3.63) is 29.8 Å². The normalized spacial score (nSPS) is 20.4. The maximum atomic E-state index is 12.4. The molecule has 0 aromatic heterocycles. The van der Waals surface area contributed by atoms with Crippen molar-refractivity contribution in [2.75, 3.05) is 13.1 Å². The third-order valence-electron chi connectivity index (χ3n) is 3.45. The molecule has 1 aromatic carbocycles. The molecule has 0 radical (unpaired) electrons. The van der Waals surface area contributed by atoms with Crippen molar-refractivity contribution in [1.29, 1.82) is 0 Å². The van der Waals surface area contributed by atoms with E-state index >= 15 is 0 Å². The first-order chi connectivity index (χ1) is 9.10. The minimum absolute atomic E-state index is 0.0527. The minimum atomic E-state index is -0.410. The Hall–Kier alpha value is -1.55. The quantitative estimate of drug-likeness (QED) is 0.898. The molecular weight excluding hydrogens is 240 g/mol. The lowest BCUT2D eigenvalue weighted by Gasteiger charge is -2.23. The van der Waals surface area contributed by atoms with Gasteiger partial charge in [-0.3, -0.25) is 4.79 Å². The molecule has 1 aromatic rings. The number of hydrogen-bond acceptors (Lipinski definition) is 3. The molecule has 0 aliphatic carbocycles. The zero-order chi connectivity index (χ0) is 13.8. The summed E-state index contributed by atoms with van der Waals surface area (Å²) in [6.07, 6.45) is 1.14. The van der Waals surface area contributed by atoms with Gasteiger partial charge in [0, 0.05) is 19.1 Å². The van der Waals surface area contributed by atoms with Gasteiger partial charge in [0.2, 0.25) is 0 Å². The Balaban J connectivity index is 2.01. The van der Waals surface area contributed by atoms with Gasteiger partial charge in [0.15, 0.2) is 6.10 Å². The maximum Gasteiger partial charge on any atom is 0.263 e. The smallest absolute Gasteiger partial charge is 0.263 e. The Kier molecular flexibility index (Phi) is 4.43. The van der Waals surface area contributed by atoms with Gasteiger partial charge in [0.05, 0.1) is 0 Å². The number of nitrogens with zero attached hydrogens (tertiary/aromatic N) is 1. The summed E-state index contributed by atoms with van der Waals surface area (Å²) in [4.78, 5) is 14.2. The van der Waals surface area contributed by atoms with Crippen molar-refractivity contribution in [1.82, 2.24) is 4.90 Å². The van der Waals surface area contributed by atoms with Gasteiger partial charge in [-0.1, -0.05) is 19.1 Å². The summed E-state index contributed by atoms with van der Waals surface area (Å²) in [5.74, 6) is 0.806. The van der Waals surface area contributed by atoms with E-state index in [4.69, 9.17) is 10.5 Å². The number of hydrogen-bond donors (Lipinski definition) is 1. The van der Waals surface area contributed by atoms with E-state index in [2.05, 4.69) is 0 Å². The van der Waals surface area contributed by atoms with Crippen LogP contribution in [0.1, 0.15) is 25.3 Å². The van der Waals surface area contributed by atoms with Crippen LogP contribution in [0.3, 0.4) is 0 Å². The van der Waals surface area contributed by atoms with Gasteiger partial charge in [-0.15, -0.1) is 0 Å². The summed E-state index contributed by atoms with van der Waals surface area (Å²) in [5, 5.41) is 0. The summed E-state index contributed by atoms with van der Waals surface area (Å²) in [7, 11) is 0. The van der Waals surface area contributed by atoms with Gasteiger partial charge in [0.25, 0.3) is 5.91 Å². The molecule has 2 rings (SSSR count). The third-order valence-corrected chi connectivity index (χ3v) is 3.45. The van der Waals surface area contributed by atoms with E-state index in [0.29, 0.717) is 13.0 Å². The molecule has 4 nitrogen and oxygen atoms in total. The van der Waals surface area contributed by atoms with Crippen LogP contribution in [-0.4, -0.2) is 36.0 Å². The summed E-state index contributed by atoms with van der Waals surface area (Å²) in [6, 6.07) is 7.90. The number of benzene rings is 1. The zero-order valence-electron chi connectivity index (χ0n) is 11.6. The van der Waals surface area contributed by atoms with Gasteiger partial charge >= 0.3 is 0 Å². The fourth-order valence-corrected chi connectivity index (χ4v) is 2.35. The number of amides is 1. The maximum absolute atomic E-state index is 12.4. The summed E-state index contributed by atoms with van der Waals surface area (Å²) < 4.78 is 5.82. The highest BCUT2D eigenvalue weighted by Gasteiger charge is 2.29. The zero-order valence-corrected chi connectivity index (χ0v) is 11.6.